The lowest BCUT2D eigenvalue weighted by Crippen LogP contribution is -2.58. The summed E-state index contributed by atoms with van der Waals surface area (Å²) < 4.78 is 29.1. The van der Waals surface area contributed by atoms with Gasteiger partial charge < -0.3 is 10.1 Å². The number of nitrogens with one attached hydrogen (secondary N) is 1. The summed E-state index contributed by atoms with van der Waals surface area (Å²) in [6.07, 6.45) is 8.35. The third-order valence-corrected chi connectivity index (χ3v) is 7.69. The topological polar surface area (TPSA) is 72.5 Å². The molecule has 2 aliphatic carbocycles. The average Bonchev–Trinajstić information content (AvgIpc) is 3.00. The zero-order valence-electron chi connectivity index (χ0n) is 15.2. The third-order valence-electron chi connectivity index (χ3n) is 6.56. The van der Waals surface area contributed by atoms with Gasteiger partial charge >= 0.3 is 0 Å². The Balaban J connectivity index is 1.58. The normalized spacial score (nSPS) is 30.3. The summed E-state index contributed by atoms with van der Waals surface area (Å²) in [5, 5.41) is 3.30. The van der Waals surface area contributed by atoms with E-state index >= 15 is 0 Å². The lowest BCUT2D eigenvalue weighted by Gasteiger charge is -2.43. The first-order valence-electron chi connectivity index (χ1n) is 9.63. The summed E-state index contributed by atoms with van der Waals surface area (Å²) in [6, 6.07) is 7.17. The largest absolute Gasteiger partial charge is 0.378 e. The predicted molar refractivity (Wildman–Crippen MR) is 98.7 cm³/mol. The highest BCUT2D eigenvalue weighted by Gasteiger charge is 2.49. The Hall–Kier alpha value is -1.40. The second-order valence-corrected chi connectivity index (χ2v) is 10.1. The van der Waals surface area contributed by atoms with Crippen LogP contribution in [-0.4, -0.2) is 39.3 Å². The SMILES string of the molecule is CS(=O)(=O)c1ccc(C2(C(=O)NC3CC4OCCC34)CCCCC2)cc1. The molecule has 0 radical (unpaired) electrons. The van der Waals surface area contributed by atoms with Crippen molar-refractivity contribution in [2.45, 2.75) is 67.4 Å². The first kappa shape index (κ1) is 18.0. The van der Waals surface area contributed by atoms with Crippen molar-refractivity contribution in [3.63, 3.8) is 0 Å². The molecule has 1 amide bonds. The first-order valence-corrected chi connectivity index (χ1v) is 11.5. The molecule has 4 rings (SSSR count). The molecule has 3 atom stereocenters. The van der Waals surface area contributed by atoms with Gasteiger partial charge in [-0.25, -0.2) is 8.42 Å². The number of amides is 1. The van der Waals surface area contributed by atoms with Crippen LogP contribution in [0.4, 0.5) is 0 Å². The number of sulfone groups is 1. The van der Waals surface area contributed by atoms with Crippen molar-refractivity contribution in [2.24, 2.45) is 5.92 Å². The van der Waals surface area contributed by atoms with E-state index in [1.165, 1.54) is 6.26 Å². The molecule has 1 aromatic carbocycles. The molecule has 0 aromatic heterocycles. The van der Waals surface area contributed by atoms with Gasteiger partial charge in [0.1, 0.15) is 0 Å². The molecule has 3 aliphatic rings. The summed E-state index contributed by atoms with van der Waals surface area (Å²) in [5.41, 5.74) is 0.416. The third kappa shape index (κ3) is 3.07. The number of ether oxygens (including phenoxy) is 1. The molecule has 6 heteroatoms. The van der Waals surface area contributed by atoms with Crippen LogP contribution in [0.15, 0.2) is 29.2 Å². The van der Waals surface area contributed by atoms with Gasteiger partial charge in [0.05, 0.1) is 16.4 Å². The van der Waals surface area contributed by atoms with Gasteiger partial charge in [0.15, 0.2) is 9.84 Å². The number of carbonyl (C=O) groups is 1. The Morgan fingerprint density at radius 3 is 2.46 bits per heavy atom. The molecule has 5 nitrogen and oxygen atoms in total. The summed E-state index contributed by atoms with van der Waals surface area (Å²) in [4.78, 5) is 13.6. The van der Waals surface area contributed by atoms with Crippen LogP contribution in [0.5, 0.6) is 0 Å². The highest BCUT2D eigenvalue weighted by Crippen LogP contribution is 2.43. The van der Waals surface area contributed by atoms with Crippen molar-refractivity contribution < 1.29 is 17.9 Å². The van der Waals surface area contributed by atoms with Crippen molar-refractivity contribution in [2.75, 3.05) is 12.9 Å². The highest BCUT2D eigenvalue weighted by atomic mass is 32.2. The van der Waals surface area contributed by atoms with Crippen molar-refractivity contribution in [3.05, 3.63) is 29.8 Å². The van der Waals surface area contributed by atoms with Crippen LogP contribution in [0.1, 0.15) is 50.5 Å². The summed E-state index contributed by atoms with van der Waals surface area (Å²) >= 11 is 0. The van der Waals surface area contributed by atoms with Gasteiger partial charge in [-0.05, 0) is 43.4 Å². The highest BCUT2D eigenvalue weighted by molar-refractivity contribution is 7.90. The quantitative estimate of drug-likeness (QED) is 0.875. The lowest BCUT2D eigenvalue weighted by atomic mass is 9.68. The van der Waals surface area contributed by atoms with Crippen molar-refractivity contribution in [1.82, 2.24) is 5.32 Å². The molecule has 3 fully saturated rings. The molecule has 3 unspecified atom stereocenters. The van der Waals surface area contributed by atoms with Crippen LogP contribution >= 0.6 is 0 Å². The monoisotopic (exact) mass is 377 g/mol. The first-order chi connectivity index (χ1) is 12.4. The van der Waals surface area contributed by atoms with Crippen molar-refractivity contribution >= 4 is 15.7 Å². The Bertz CT molecular complexity index is 781. The molecule has 1 aromatic rings. The standard InChI is InChI=1S/C20H27NO4S/c1-26(23,24)15-7-5-14(6-8-15)20(10-3-2-4-11-20)19(22)21-17-13-18-16(17)9-12-25-18/h5-8,16-18H,2-4,9-13H2,1H3,(H,21,22). The molecule has 2 saturated carbocycles. The Kier molecular flexibility index (Phi) is 4.59. The maximum absolute atomic E-state index is 13.3. The smallest absolute Gasteiger partial charge is 0.230 e. The second-order valence-electron chi connectivity index (χ2n) is 8.12. The van der Waals surface area contributed by atoms with Gasteiger partial charge in [-0.1, -0.05) is 31.4 Å². The van der Waals surface area contributed by atoms with Crippen LogP contribution in [-0.2, 0) is 24.8 Å². The maximum atomic E-state index is 13.3. The molecule has 0 bridgehead atoms. The number of rotatable bonds is 4. The Morgan fingerprint density at radius 1 is 1.15 bits per heavy atom. The number of benzene rings is 1. The summed E-state index contributed by atoms with van der Waals surface area (Å²) in [7, 11) is -3.23. The molecule has 1 aliphatic heterocycles. The van der Waals surface area contributed by atoms with E-state index in [0.717, 1.165) is 57.1 Å². The molecule has 0 spiro atoms. The van der Waals surface area contributed by atoms with E-state index in [1.807, 2.05) is 12.1 Å². The van der Waals surface area contributed by atoms with Crippen LogP contribution in [0.25, 0.3) is 0 Å². The zero-order chi connectivity index (χ0) is 18.4. The molecule has 26 heavy (non-hydrogen) atoms. The Labute approximate surface area is 155 Å². The van der Waals surface area contributed by atoms with Crippen molar-refractivity contribution in [1.29, 1.82) is 0 Å². The van der Waals surface area contributed by atoms with Crippen LogP contribution < -0.4 is 5.32 Å². The minimum atomic E-state index is -3.23. The predicted octanol–water partition coefficient (Wildman–Crippen LogP) is 2.59. The van der Waals surface area contributed by atoms with E-state index in [-0.39, 0.29) is 11.9 Å². The molecular formula is C20H27NO4S. The fourth-order valence-corrected chi connectivity index (χ4v) is 5.52. The molecule has 1 heterocycles. The van der Waals surface area contributed by atoms with Gasteiger partial charge in [0, 0.05) is 24.8 Å². The summed E-state index contributed by atoms with van der Waals surface area (Å²) in [5.74, 6) is 0.576. The van der Waals surface area contributed by atoms with Gasteiger partial charge in [-0.2, -0.15) is 0 Å². The lowest BCUT2D eigenvalue weighted by molar-refractivity contribution is -0.131. The second kappa shape index (κ2) is 6.64. The fraction of sp³-hybridized carbons (Fsp3) is 0.650. The summed E-state index contributed by atoms with van der Waals surface area (Å²) in [6.45, 7) is 0.805. The number of fused-ring (bicyclic) bond motifs is 1. The molecule has 1 N–H and O–H groups in total. The molecular weight excluding hydrogens is 350 g/mol. The van der Waals surface area contributed by atoms with Crippen LogP contribution in [0, 0.1) is 5.92 Å². The molecule has 1 saturated heterocycles. The number of carbonyl (C=O) groups excluding carboxylic acids is 1. The Morgan fingerprint density at radius 2 is 1.85 bits per heavy atom. The van der Waals surface area contributed by atoms with Crippen LogP contribution in [0.2, 0.25) is 0 Å². The zero-order valence-corrected chi connectivity index (χ0v) is 16.1. The maximum Gasteiger partial charge on any atom is 0.230 e. The van der Waals surface area contributed by atoms with E-state index in [4.69, 9.17) is 4.74 Å². The number of hydrogen-bond acceptors (Lipinski definition) is 4. The van der Waals surface area contributed by atoms with Gasteiger partial charge in [0.2, 0.25) is 5.91 Å². The average molecular weight is 378 g/mol. The van der Waals surface area contributed by atoms with Crippen LogP contribution in [0.3, 0.4) is 0 Å². The van der Waals surface area contributed by atoms with E-state index in [0.29, 0.717) is 16.9 Å². The minimum absolute atomic E-state index is 0.111. The van der Waals surface area contributed by atoms with Gasteiger partial charge in [0.25, 0.3) is 0 Å². The van der Waals surface area contributed by atoms with E-state index < -0.39 is 15.3 Å². The van der Waals surface area contributed by atoms with Crippen molar-refractivity contribution in [3.8, 4) is 0 Å². The van der Waals surface area contributed by atoms with E-state index in [1.54, 1.807) is 12.1 Å². The fourth-order valence-electron chi connectivity index (χ4n) is 4.89. The number of hydrogen-bond donors (Lipinski definition) is 1. The van der Waals surface area contributed by atoms with E-state index in [9.17, 15) is 13.2 Å². The van der Waals surface area contributed by atoms with Gasteiger partial charge in [-0.3, -0.25) is 4.79 Å². The van der Waals surface area contributed by atoms with E-state index in [2.05, 4.69) is 5.32 Å². The minimum Gasteiger partial charge on any atom is -0.378 e. The van der Waals surface area contributed by atoms with Gasteiger partial charge in [-0.15, -0.1) is 0 Å². The molecule has 142 valence electrons.